The van der Waals surface area contributed by atoms with Crippen LogP contribution in [0, 0.1) is 6.92 Å². The third-order valence-electron chi connectivity index (χ3n) is 4.38. The topological polar surface area (TPSA) is 72.2 Å². The fraction of sp³-hybridized carbons (Fsp3) is 0.182. The summed E-state index contributed by atoms with van der Waals surface area (Å²) in [5.41, 5.74) is 7.83. The van der Waals surface area contributed by atoms with E-state index >= 15 is 0 Å². The Morgan fingerprint density at radius 2 is 1.68 bits per heavy atom. The molecule has 0 unspecified atom stereocenters. The van der Waals surface area contributed by atoms with E-state index in [1.165, 1.54) is 23.1 Å². The first-order valence-corrected chi connectivity index (χ1v) is 10.7. The van der Waals surface area contributed by atoms with Gasteiger partial charge in [-0.2, -0.15) is 0 Å². The Labute approximate surface area is 173 Å². The van der Waals surface area contributed by atoms with Crippen molar-refractivity contribution in [2.75, 3.05) is 5.32 Å². The Morgan fingerprint density at radius 3 is 2.25 bits per heavy atom. The number of carbonyl (C=O) groups is 2. The number of primary amides is 1. The second-order valence-electron chi connectivity index (χ2n) is 6.27. The predicted molar refractivity (Wildman–Crippen MR) is 117 cm³/mol. The van der Waals surface area contributed by atoms with Crippen LogP contribution in [0.3, 0.4) is 0 Å². The van der Waals surface area contributed by atoms with Crippen LogP contribution in [0.15, 0.2) is 65.6 Å². The summed E-state index contributed by atoms with van der Waals surface area (Å²) < 4.78 is 0. The van der Waals surface area contributed by atoms with Gasteiger partial charge in [0.15, 0.2) is 0 Å². The molecule has 3 aromatic rings. The highest BCUT2D eigenvalue weighted by atomic mass is 32.2. The number of hydrogen-bond acceptors (Lipinski definition) is 4. The fourth-order valence-electron chi connectivity index (χ4n) is 3.07. The van der Waals surface area contributed by atoms with Crippen LogP contribution in [0.1, 0.15) is 38.5 Å². The summed E-state index contributed by atoms with van der Waals surface area (Å²) in [7, 11) is 0. The Hall–Kier alpha value is -2.57. The van der Waals surface area contributed by atoms with Crippen molar-refractivity contribution in [3.8, 4) is 0 Å². The number of benzene rings is 2. The van der Waals surface area contributed by atoms with Gasteiger partial charge in [-0.3, -0.25) is 9.59 Å². The first-order chi connectivity index (χ1) is 13.5. The van der Waals surface area contributed by atoms with Crippen molar-refractivity contribution in [3.63, 3.8) is 0 Å². The number of hydrogen-bond donors (Lipinski definition) is 2. The number of nitrogens with one attached hydrogen (secondary N) is 1. The van der Waals surface area contributed by atoms with Crippen LogP contribution in [-0.4, -0.2) is 11.8 Å². The van der Waals surface area contributed by atoms with Crippen molar-refractivity contribution in [3.05, 3.63) is 82.2 Å². The third-order valence-corrected chi connectivity index (χ3v) is 6.71. The van der Waals surface area contributed by atoms with E-state index < -0.39 is 11.2 Å². The van der Waals surface area contributed by atoms with E-state index in [0.717, 1.165) is 20.9 Å². The lowest BCUT2D eigenvalue weighted by molar-refractivity contribution is -0.115. The van der Waals surface area contributed by atoms with Crippen LogP contribution in [0.25, 0.3) is 0 Å². The minimum absolute atomic E-state index is 0.175. The molecule has 0 aliphatic rings. The lowest BCUT2D eigenvalue weighted by Gasteiger charge is -2.17. The van der Waals surface area contributed by atoms with Crippen molar-refractivity contribution < 1.29 is 9.59 Å². The molecule has 6 heteroatoms. The number of rotatable bonds is 7. The highest BCUT2D eigenvalue weighted by Crippen LogP contribution is 2.38. The molecule has 0 spiro atoms. The SMILES string of the molecule is CCc1c(C)sc(NC(=O)[C@H](Sc2ccccc2)c2ccccc2)c1C(N)=O. The summed E-state index contributed by atoms with van der Waals surface area (Å²) in [5.74, 6) is -0.685. The quantitative estimate of drug-likeness (QED) is 0.527. The van der Waals surface area contributed by atoms with E-state index in [-0.39, 0.29) is 5.91 Å². The maximum Gasteiger partial charge on any atom is 0.251 e. The second-order valence-corrected chi connectivity index (χ2v) is 8.67. The Morgan fingerprint density at radius 1 is 1.07 bits per heavy atom. The summed E-state index contributed by atoms with van der Waals surface area (Å²) in [6.45, 7) is 3.92. The molecular formula is C22H22N2O2S2. The standard InChI is InChI=1S/C22H22N2O2S2/c1-3-17-14(2)27-22(18(17)20(23)25)24-21(26)19(15-10-6-4-7-11-15)28-16-12-8-5-9-13-16/h4-13,19H,3H2,1-2H3,(H2,23,25)(H,24,26)/t19-/m1/s1. The zero-order valence-corrected chi connectivity index (χ0v) is 17.4. The molecule has 0 aliphatic heterocycles. The number of anilines is 1. The van der Waals surface area contributed by atoms with Crippen LogP contribution in [0.4, 0.5) is 5.00 Å². The second kappa shape index (κ2) is 9.08. The predicted octanol–water partition coefficient (Wildman–Crippen LogP) is 5.19. The largest absolute Gasteiger partial charge is 0.365 e. The molecule has 3 rings (SSSR count). The lowest BCUT2D eigenvalue weighted by Crippen LogP contribution is -2.21. The number of amides is 2. The lowest BCUT2D eigenvalue weighted by atomic mass is 10.1. The molecule has 3 N–H and O–H groups in total. The normalized spacial score (nSPS) is 11.8. The summed E-state index contributed by atoms with van der Waals surface area (Å²) >= 11 is 2.88. The van der Waals surface area contributed by atoms with E-state index in [1.54, 1.807) is 0 Å². The zero-order valence-electron chi connectivity index (χ0n) is 15.8. The van der Waals surface area contributed by atoms with E-state index in [0.29, 0.717) is 17.0 Å². The van der Waals surface area contributed by atoms with Gasteiger partial charge in [0.25, 0.3) is 5.91 Å². The molecule has 1 heterocycles. The maximum absolute atomic E-state index is 13.2. The monoisotopic (exact) mass is 410 g/mol. The molecule has 4 nitrogen and oxygen atoms in total. The minimum atomic E-state index is -0.511. The highest BCUT2D eigenvalue weighted by molar-refractivity contribution is 8.00. The van der Waals surface area contributed by atoms with E-state index in [4.69, 9.17) is 5.73 Å². The van der Waals surface area contributed by atoms with Crippen LogP contribution in [-0.2, 0) is 11.2 Å². The molecule has 0 saturated heterocycles. The smallest absolute Gasteiger partial charge is 0.251 e. The van der Waals surface area contributed by atoms with Gasteiger partial charge in [0, 0.05) is 9.77 Å². The van der Waals surface area contributed by atoms with E-state index in [2.05, 4.69) is 5.32 Å². The van der Waals surface area contributed by atoms with Crippen molar-refractivity contribution in [1.82, 2.24) is 0 Å². The average Bonchev–Trinajstić information content (AvgIpc) is 3.02. The van der Waals surface area contributed by atoms with Gasteiger partial charge in [0.2, 0.25) is 5.91 Å². The first kappa shape index (κ1) is 20.2. The highest BCUT2D eigenvalue weighted by Gasteiger charge is 2.26. The van der Waals surface area contributed by atoms with Gasteiger partial charge in [-0.1, -0.05) is 55.5 Å². The molecule has 1 aromatic heterocycles. The zero-order chi connectivity index (χ0) is 20.1. The van der Waals surface area contributed by atoms with E-state index in [1.807, 2.05) is 74.5 Å². The van der Waals surface area contributed by atoms with Gasteiger partial charge in [-0.25, -0.2) is 0 Å². The third kappa shape index (κ3) is 4.46. The average molecular weight is 411 g/mol. The molecule has 144 valence electrons. The molecule has 0 bridgehead atoms. The van der Waals surface area contributed by atoms with Crippen molar-refractivity contribution in [2.45, 2.75) is 30.4 Å². The van der Waals surface area contributed by atoms with Crippen molar-refractivity contribution >= 4 is 39.9 Å². The van der Waals surface area contributed by atoms with Gasteiger partial charge < -0.3 is 11.1 Å². The molecule has 2 amide bonds. The van der Waals surface area contributed by atoms with Crippen molar-refractivity contribution in [1.29, 1.82) is 0 Å². The van der Waals surface area contributed by atoms with Gasteiger partial charge >= 0.3 is 0 Å². The molecule has 1 atom stereocenters. The maximum atomic E-state index is 13.2. The Bertz CT molecular complexity index is 969. The fourth-order valence-corrected chi connectivity index (χ4v) is 5.27. The number of carbonyl (C=O) groups excluding carboxylic acids is 2. The minimum Gasteiger partial charge on any atom is -0.365 e. The molecule has 28 heavy (non-hydrogen) atoms. The van der Waals surface area contributed by atoms with Gasteiger partial charge in [0.1, 0.15) is 10.3 Å². The van der Waals surface area contributed by atoms with E-state index in [9.17, 15) is 9.59 Å². The first-order valence-electron chi connectivity index (χ1n) is 9.00. The van der Waals surface area contributed by atoms with Crippen LogP contribution < -0.4 is 11.1 Å². The number of thiophene rings is 1. The summed E-state index contributed by atoms with van der Waals surface area (Å²) in [6, 6.07) is 19.4. The molecule has 0 saturated carbocycles. The molecule has 0 aliphatic carbocycles. The van der Waals surface area contributed by atoms with Gasteiger partial charge in [-0.15, -0.1) is 23.1 Å². The van der Waals surface area contributed by atoms with Crippen LogP contribution in [0.2, 0.25) is 0 Å². The summed E-state index contributed by atoms with van der Waals surface area (Å²) in [4.78, 5) is 27.2. The number of nitrogens with two attached hydrogens (primary N) is 1. The van der Waals surface area contributed by atoms with Crippen LogP contribution >= 0.6 is 23.1 Å². The van der Waals surface area contributed by atoms with Crippen LogP contribution in [0.5, 0.6) is 0 Å². The molecule has 0 radical (unpaired) electrons. The molecule has 0 fully saturated rings. The van der Waals surface area contributed by atoms with Gasteiger partial charge in [-0.05, 0) is 36.6 Å². The number of aryl methyl sites for hydroxylation is 1. The number of thioether (sulfide) groups is 1. The Kier molecular flexibility index (Phi) is 6.54. The molecule has 2 aromatic carbocycles. The Balaban J connectivity index is 1.93. The summed E-state index contributed by atoms with van der Waals surface area (Å²) in [5, 5.41) is 3.05. The van der Waals surface area contributed by atoms with Gasteiger partial charge in [0.05, 0.1) is 5.56 Å². The van der Waals surface area contributed by atoms with Crippen molar-refractivity contribution in [2.24, 2.45) is 5.73 Å². The summed E-state index contributed by atoms with van der Waals surface area (Å²) in [6.07, 6.45) is 0.692. The molecular weight excluding hydrogens is 388 g/mol.